The first kappa shape index (κ1) is 18.4. The number of halogens is 1. The molecule has 3 aromatic rings. The highest BCUT2D eigenvalue weighted by molar-refractivity contribution is 9.10. The van der Waals surface area contributed by atoms with Gasteiger partial charge in [-0.3, -0.25) is 13.9 Å². The normalized spacial score (nSPS) is 11.2. The van der Waals surface area contributed by atoms with Crippen LogP contribution in [0.3, 0.4) is 0 Å². The maximum Gasteiger partial charge on any atom is 0.332 e. The maximum atomic E-state index is 12.9. The number of anilines is 1. The van der Waals surface area contributed by atoms with E-state index in [0.29, 0.717) is 30.1 Å². The molecule has 1 aromatic carbocycles. The van der Waals surface area contributed by atoms with Crippen molar-refractivity contribution in [3.63, 3.8) is 0 Å². The third-order valence-corrected chi connectivity index (χ3v) is 4.76. The number of aliphatic hydroxyl groups is 1. The summed E-state index contributed by atoms with van der Waals surface area (Å²) in [7, 11) is 3.33. The first-order chi connectivity index (χ1) is 12.4. The third kappa shape index (κ3) is 3.32. The van der Waals surface area contributed by atoms with Crippen LogP contribution < -0.4 is 16.6 Å². The van der Waals surface area contributed by atoms with Crippen molar-refractivity contribution in [2.24, 2.45) is 14.1 Å². The Morgan fingerprint density at radius 1 is 1.15 bits per heavy atom. The van der Waals surface area contributed by atoms with Gasteiger partial charge in [-0.1, -0.05) is 28.1 Å². The lowest BCUT2D eigenvalue weighted by Gasteiger charge is -2.09. The molecule has 8 nitrogen and oxygen atoms in total. The highest BCUT2D eigenvalue weighted by Gasteiger charge is 2.18. The second-order valence-corrected chi connectivity index (χ2v) is 6.95. The summed E-state index contributed by atoms with van der Waals surface area (Å²) < 4.78 is 5.17. The van der Waals surface area contributed by atoms with Gasteiger partial charge in [0.15, 0.2) is 11.2 Å². The zero-order valence-corrected chi connectivity index (χ0v) is 16.2. The van der Waals surface area contributed by atoms with Crippen LogP contribution in [0.4, 0.5) is 5.95 Å². The summed E-state index contributed by atoms with van der Waals surface area (Å²) in [6.07, 6.45) is 0.565. The number of hydrogen-bond acceptors (Lipinski definition) is 5. The third-order valence-electron chi connectivity index (χ3n) is 4.23. The molecule has 0 unspecified atom stereocenters. The number of rotatable bonds is 6. The highest BCUT2D eigenvalue weighted by atomic mass is 79.9. The maximum absolute atomic E-state index is 12.9. The Hall–Kier alpha value is -2.39. The van der Waals surface area contributed by atoms with Gasteiger partial charge >= 0.3 is 5.69 Å². The monoisotopic (exact) mass is 421 g/mol. The summed E-state index contributed by atoms with van der Waals surface area (Å²) in [4.78, 5) is 30.0. The van der Waals surface area contributed by atoms with E-state index in [1.807, 2.05) is 24.3 Å². The van der Waals surface area contributed by atoms with Crippen LogP contribution in [-0.4, -0.2) is 36.9 Å². The molecular weight excluding hydrogens is 402 g/mol. The van der Waals surface area contributed by atoms with Crippen LogP contribution in [0.2, 0.25) is 0 Å². The standard InChI is InChI=1S/C17H20BrN5O3/c1-21-13-14(20-16(21)19-8-3-9-24)22(2)17(26)23(15(13)25)10-11-4-6-12(18)7-5-11/h4-7,24H,3,8-10H2,1-2H3,(H,19,20). The fourth-order valence-electron chi connectivity index (χ4n) is 2.79. The van der Waals surface area contributed by atoms with Gasteiger partial charge in [0.25, 0.3) is 5.56 Å². The number of hydrogen-bond donors (Lipinski definition) is 2. The molecule has 0 spiro atoms. The molecule has 0 aliphatic heterocycles. The molecule has 0 fully saturated rings. The van der Waals surface area contributed by atoms with Gasteiger partial charge in [-0.2, -0.15) is 4.98 Å². The second kappa shape index (κ2) is 7.46. The van der Waals surface area contributed by atoms with Gasteiger partial charge in [-0.05, 0) is 24.1 Å². The Bertz CT molecular complexity index is 1050. The number of aromatic nitrogens is 4. The van der Waals surface area contributed by atoms with Crippen LogP contribution in [-0.2, 0) is 20.6 Å². The van der Waals surface area contributed by atoms with Crippen molar-refractivity contribution in [3.05, 3.63) is 55.1 Å². The second-order valence-electron chi connectivity index (χ2n) is 6.03. The van der Waals surface area contributed by atoms with E-state index < -0.39 is 5.69 Å². The van der Waals surface area contributed by atoms with Gasteiger partial charge in [0.1, 0.15) is 0 Å². The number of nitrogens with zero attached hydrogens (tertiary/aromatic N) is 4. The van der Waals surface area contributed by atoms with Crippen LogP contribution in [0.5, 0.6) is 0 Å². The number of aryl methyl sites for hydroxylation is 2. The zero-order chi connectivity index (χ0) is 18.8. The summed E-state index contributed by atoms with van der Waals surface area (Å²) in [6.45, 7) is 0.775. The van der Waals surface area contributed by atoms with E-state index in [2.05, 4.69) is 26.2 Å². The molecule has 0 saturated heterocycles. The van der Waals surface area contributed by atoms with E-state index in [1.165, 1.54) is 9.13 Å². The van der Waals surface area contributed by atoms with E-state index in [-0.39, 0.29) is 18.7 Å². The molecule has 0 amide bonds. The van der Waals surface area contributed by atoms with E-state index in [4.69, 9.17) is 5.11 Å². The Kier molecular flexibility index (Phi) is 5.28. The average molecular weight is 422 g/mol. The fourth-order valence-corrected chi connectivity index (χ4v) is 3.06. The summed E-state index contributed by atoms with van der Waals surface area (Å²) in [5, 5.41) is 12.0. The van der Waals surface area contributed by atoms with E-state index in [1.54, 1.807) is 18.7 Å². The predicted octanol–water partition coefficient (Wildman–Crippen LogP) is 1.04. The largest absolute Gasteiger partial charge is 0.396 e. The number of imidazole rings is 1. The molecule has 3 rings (SSSR count). The van der Waals surface area contributed by atoms with Crippen LogP contribution in [0.25, 0.3) is 11.2 Å². The van der Waals surface area contributed by atoms with E-state index in [0.717, 1.165) is 10.0 Å². The Balaban J connectivity index is 2.10. The molecule has 9 heteroatoms. The molecule has 0 aliphatic carbocycles. The SMILES string of the molecule is Cn1c(NCCCO)nc2c1c(=O)n(Cc1ccc(Br)cc1)c(=O)n2C. The van der Waals surface area contributed by atoms with Gasteiger partial charge < -0.3 is 15.0 Å². The van der Waals surface area contributed by atoms with Crippen molar-refractivity contribution in [3.8, 4) is 0 Å². The molecule has 0 saturated carbocycles. The predicted molar refractivity (Wildman–Crippen MR) is 104 cm³/mol. The molecule has 2 N–H and O–H groups in total. The van der Waals surface area contributed by atoms with Gasteiger partial charge in [0, 0.05) is 31.7 Å². The number of nitrogens with one attached hydrogen (secondary N) is 1. The van der Waals surface area contributed by atoms with Gasteiger partial charge in [-0.15, -0.1) is 0 Å². The number of fused-ring (bicyclic) bond motifs is 1. The average Bonchev–Trinajstić information content (AvgIpc) is 2.96. The Labute approximate surface area is 157 Å². The van der Waals surface area contributed by atoms with E-state index in [9.17, 15) is 9.59 Å². The van der Waals surface area contributed by atoms with Crippen LogP contribution in [0, 0.1) is 0 Å². The first-order valence-corrected chi connectivity index (χ1v) is 8.98. The molecule has 138 valence electrons. The molecule has 0 bridgehead atoms. The van der Waals surface area contributed by atoms with Crippen molar-refractivity contribution >= 4 is 33.0 Å². The van der Waals surface area contributed by atoms with Crippen molar-refractivity contribution in [2.75, 3.05) is 18.5 Å². The minimum Gasteiger partial charge on any atom is -0.396 e. The lowest BCUT2D eigenvalue weighted by Crippen LogP contribution is -2.39. The molecular formula is C17H20BrN5O3. The van der Waals surface area contributed by atoms with Crippen molar-refractivity contribution in [2.45, 2.75) is 13.0 Å². The summed E-state index contributed by atoms with van der Waals surface area (Å²) in [5.41, 5.74) is 0.758. The smallest absolute Gasteiger partial charge is 0.332 e. The number of benzene rings is 1. The topological polar surface area (TPSA) is 94.1 Å². The molecule has 0 atom stereocenters. The zero-order valence-electron chi connectivity index (χ0n) is 14.6. The van der Waals surface area contributed by atoms with Crippen LogP contribution in [0.1, 0.15) is 12.0 Å². The Morgan fingerprint density at radius 2 is 1.85 bits per heavy atom. The van der Waals surface area contributed by atoms with Crippen molar-refractivity contribution in [1.29, 1.82) is 0 Å². The van der Waals surface area contributed by atoms with E-state index >= 15 is 0 Å². The van der Waals surface area contributed by atoms with Gasteiger partial charge in [0.05, 0.1) is 6.54 Å². The quantitative estimate of drug-likeness (QED) is 0.579. The lowest BCUT2D eigenvalue weighted by atomic mass is 10.2. The fraction of sp³-hybridized carbons (Fsp3) is 0.353. The summed E-state index contributed by atoms with van der Waals surface area (Å²) in [6, 6.07) is 7.48. The Morgan fingerprint density at radius 3 is 2.50 bits per heavy atom. The highest BCUT2D eigenvalue weighted by Crippen LogP contribution is 2.14. The summed E-state index contributed by atoms with van der Waals surface area (Å²) in [5.74, 6) is 0.488. The minimum absolute atomic E-state index is 0.0649. The molecule has 2 heterocycles. The molecule has 26 heavy (non-hydrogen) atoms. The van der Waals surface area contributed by atoms with Gasteiger partial charge in [-0.25, -0.2) is 4.79 Å². The van der Waals surface area contributed by atoms with Crippen molar-refractivity contribution in [1.82, 2.24) is 18.7 Å². The minimum atomic E-state index is -0.412. The number of aliphatic hydroxyl groups excluding tert-OH is 1. The van der Waals surface area contributed by atoms with Crippen LogP contribution >= 0.6 is 15.9 Å². The van der Waals surface area contributed by atoms with Crippen molar-refractivity contribution < 1.29 is 5.11 Å². The molecule has 0 radical (unpaired) electrons. The van der Waals surface area contributed by atoms with Gasteiger partial charge in [0.2, 0.25) is 5.95 Å². The molecule has 2 aromatic heterocycles. The summed E-state index contributed by atoms with van der Waals surface area (Å²) >= 11 is 3.37. The van der Waals surface area contributed by atoms with Crippen LogP contribution in [0.15, 0.2) is 38.3 Å². The molecule has 0 aliphatic rings. The lowest BCUT2D eigenvalue weighted by molar-refractivity contribution is 0.292. The first-order valence-electron chi connectivity index (χ1n) is 8.19.